The molecule has 2 aromatic rings. The fourth-order valence-electron chi connectivity index (χ4n) is 3.02. The molecule has 0 N–H and O–H groups in total. The van der Waals surface area contributed by atoms with Crippen LogP contribution in [0.1, 0.15) is 45.6 Å². The van der Waals surface area contributed by atoms with Gasteiger partial charge in [-0.1, -0.05) is 19.1 Å². The normalized spacial score (nSPS) is 16.7. The average Bonchev–Trinajstić information content (AvgIpc) is 2.92. The van der Waals surface area contributed by atoms with Gasteiger partial charge in [-0.25, -0.2) is 4.39 Å². The molecule has 0 saturated heterocycles. The first-order chi connectivity index (χ1) is 11.0. The van der Waals surface area contributed by atoms with Crippen molar-refractivity contribution in [3.05, 3.63) is 65.0 Å². The van der Waals surface area contributed by atoms with Gasteiger partial charge in [0.1, 0.15) is 10.7 Å². The monoisotopic (exact) mass is 351 g/mol. The second-order valence-corrected chi connectivity index (χ2v) is 6.75. The fraction of sp³-hybridized carbons (Fsp3) is 0.278. The Labute approximate surface area is 144 Å². The Bertz CT molecular complexity index is 748. The SMILES string of the molecule is CCC1CN(C(=O)c2cccc(C(Cl)Cl)c2)c2ccc(F)cc21. The lowest BCUT2D eigenvalue weighted by molar-refractivity contribution is 0.0988. The number of hydrogen-bond donors (Lipinski definition) is 0. The molecule has 1 atom stereocenters. The minimum Gasteiger partial charge on any atom is -0.307 e. The molecule has 1 heterocycles. The lowest BCUT2D eigenvalue weighted by atomic mass is 9.99. The van der Waals surface area contributed by atoms with Crippen LogP contribution in [-0.2, 0) is 0 Å². The predicted molar refractivity (Wildman–Crippen MR) is 92.0 cm³/mol. The zero-order valence-corrected chi connectivity index (χ0v) is 14.1. The summed E-state index contributed by atoms with van der Waals surface area (Å²) in [5, 5.41) is 0. The highest BCUT2D eigenvalue weighted by Gasteiger charge is 2.32. The van der Waals surface area contributed by atoms with Gasteiger partial charge in [-0.05, 0) is 47.9 Å². The van der Waals surface area contributed by atoms with Gasteiger partial charge in [0.25, 0.3) is 5.91 Å². The number of rotatable bonds is 3. The average molecular weight is 352 g/mol. The first-order valence-electron chi connectivity index (χ1n) is 7.50. The van der Waals surface area contributed by atoms with E-state index in [1.807, 2.05) is 6.92 Å². The maximum atomic E-state index is 13.5. The third-order valence-corrected chi connectivity index (χ3v) is 4.75. The van der Waals surface area contributed by atoms with E-state index in [9.17, 15) is 9.18 Å². The third-order valence-electron chi connectivity index (χ3n) is 4.25. The predicted octanol–water partition coefficient (Wildman–Crippen LogP) is 5.46. The van der Waals surface area contributed by atoms with Gasteiger partial charge >= 0.3 is 0 Å². The topological polar surface area (TPSA) is 20.3 Å². The number of carbonyl (C=O) groups is 1. The molecule has 5 heteroatoms. The number of nitrogens with zero attached hydrogens (tertiary/aromatic N) is 1. The van der Waals surface area contributed by atoms with Gasteiger partial charge in [-0.15, -0.1) is 23.2 Å². The summed E-state index contributed by atoms with van der Waals surface area (Å²) in [7, 11) is 0. The molecule has 1 unspecified atom stereocenters. The van der Waals surface area contributed by atoms with Crippen molar-refractivity contribution in [3.63, 3.8) is 0 Å². The van der Waals surface area contributed by atoms with E-state index in [4.69, 9.17) is 23.2 Å². The van der Waals surface area contributed by atoms with Crippen LogP contribution in [-0.4, -0.2) is 12.5 Å². The Morgan fingerprint density at radius 1 is 1.30 bits per heavy atom. The summed E-state index contributed by atoms with van der Waals surface area (Å²) in [5.74, 6) is -0.239. The lowest BCUT2D eigenvalue weighted by Gasteiger charge is -2.18. The Balaban J connectivity index is 1.97. The third kappa shape index (κ3) is 3.08. The molecule has 0 aromatic heterocycles. The maximum absolute atomic E-state index is 13.5. The quantitative estimate of drug-likeness (QED) is 0.672. The number of anilines is 1. The molecule has 0 aliphatic carbocycles. The van der Waals surface area contributed by atoms with Crippen LogP contribution in [0.25, 0.3) is 0 Å². The molecule has 0 fully saturated rings. The molecule has 0 spiro atoms. The van der Waals surface area contributed by atoms with Crippen molar-refractivity contribution >= 4 is 34.8 Å². The van der Waals surface area contributed by atoms with Crippen molar-refractivity contribution in [1.29, 1.82) is 0 Å². The van der Waals surface area contributed by atoms with Gasteiger partial charge in [0.15, 0.2) is 0 Å². The highest BCUT2D eigenvalue weighted by Crippen LogP contribution is 2.39. The number of fused-ring (bicyclic) bond motifs is 1. The summed E-state index contributed by atoms with van der Waals surface area (Å²) in [6, 6.07) is 11.6. The molecule has 1 amide bonds. The van der Waals surface area contributed by atoms with Gasteiger partial charge in [-0.2, -0.15) is 0 Å². The van der Waals surface area contributed by atoms with Crippen LogP contribution in [0.2, 0.25) is 0 Å². The van der Waals surface area contributed by atoms with E-state index >= 15 is 0 Å². The van der Waals surface area contributed by atoms with Crippen molar-refractivity contribution in [2.75, 3.05) is 11.4 Å². The van der Waals surface area contributed by atoms with E-state index in [1.165, 1.54) is 12.1 Å². The Morgan fingerprint density at radius 3 is 2.78 bits per heavy atom. The van der Waals surface area contributed by atoms with E-state index < -0.39 is 4.84 Å². The second-order valence-electron chi connectivity index (χ2n) is 5.65. The largest absolute Gasteiger partial charge is 0.307 e. The van der Waals surface area contributed by atoms with Gasteiger partial charge in [0.05, 0.1) is 0 Å². The number of hydrogen-bond acceptors (Lipinski definition) is 1. The highest BCUT2D eigenvalue weighted by molar-refractivity contribution is 6.44. The molecular weight excluding hydrogens is 336 g/mol. The number of halogens is 3. The van der Waals surface area contributed by atoms with Crippen LogP contribution >= 0.6 is 23.2 Å². The van der Waals surface area contributed by atoms with Crippen LogP contribution < -0.4 is 4.90 Å². The maximum Gasteiger partial charge on any atom is 0.258 e. The van der Waals surface area contributed by atoms with Crippen molar-refractivity contribution < 1.29 is 9.18 Å². The second kappa shape index (κ2) is 6.50. The number of carbonyl (C=O) groups excluding carboxylic acids is 1. The van der Waals surface area contributed by atoms with Crippen molar-refractivity contribution in [2.45, 2.75) is 24.1 Å². The van der Waals surface area contributed by atoms with E-state index in [0.717, 1.165) is 17.7 Å². The molecular formula is C18H16Cl2FNO. The van der Waals surface area contributed by atoms with Gasteiger partial charge in [0.2, 0.25) is 0 Å². The number of benzene rings is 2. The van der Waals surface area contributed by atoms with Crippen LogP contribution in [0.5, 0.6) is 0 Å². The van der Waals surface area contributed by atoms with Crippen molar-refractivity contribution in [1.82, 2.24) is 0 Å². The molecule has 1 aliphatic heterocycles. The zero-order chi connectivity index (χ0) is 16.6. The highest BCUT2D eigenvalue weighted by atomic mass is 35.5. The molecule has 1 aliphatic rings. The fourth-order valence-corrected chi connectivity index (χ4v) is 3.29. The van der Waals surface area contributed by atoms with E-state index in [2.05, 4.69) is 0 Å². The minimum absolute atomic E-state index is 0.121. The minimum atomic E-state index is -0.675. The van der Waals surface area contributed by atoms with Gasteiger partial charge in [0, 0.05) is 23.7 Å². The van der Waals surface area contributed by atoms with Crippen molar-refractivity contribution in [3.8, 4) is 0 Å². The summed E-state index contributed by atoms with van der Waals surface area (Å²) in [6.45, 7) is 2.60. The molecule has 0 bridgehead atoms. The van der Waals surface area contributed by atoms with Crippen LogP contribution in [0.3, 0.4) is 0 Å². The Morgan fingerprint density at radius 2 is 2.09 bits per heavy atom. The zero-order valence-electron chi connectivity index (χ0n) is 12.6. The summed E-state index contributed by atoms with van der Waals surface area (Å²) in [4.78, 5) is 13.9. The summed E-state index contributed by atoms with van der Waals surface area (Å²) in [5.41, 5.74) is 2.89. The number of amides is 1. The van der Waals surface area contributed by atoms with Crippen LogP contribution in [0.15, 0.2) is 42.5 Å². The number of alkyl halides is 2. The van der Waals surface area contributed by atoms with Gasteiger partial charge in [-0.3, -0.25) is 4.79 Å². The summed E-state index contributed by atoms with van der Waals surface area (Å²) in [6.07, 6.45) is 0.853. The first kappa shape index (κ1) is 16.3. The van der Waals surface area contributed by atoms with Gasteiger partial charge < -0.3 is 4.90 Å². The molecule has 2 aromatic carbocycles. The summed E-state index contributed by atoms with van der Waals surface area (Å²) < 4.78 is 13.5. The van der Waals surface area contributed by atoms with E-state index in [-0.39, 0.29) is 17.6 Å². The molecule has 0 radical (unpaired) electrons. The summed E-state index contributed by atoms with van der Waals surface area (Å²) >= 11 is 11.8. The van der Waals surface area contributed by atoms with E-state index in [1.54, 1.807) is 35.2 Å². The molecule has 23 heavy (non-hydrogen) atoms. The smallest absolute Gasteiger partial charge is 0.258 e. The van der Waals surface area contributed by atoms with Crippen LogP contribution in [0.4, 0.5) is 10.1 Å². The lowest BCUT2D eigenvalue weighted by Crippen LogP contribution is -2.29. The first-order valence-corrected chi connectivity index (χ1v) is 8.38. The van der Waals surface area contributed by atoms with Crippen molar-refractivity contribution in [2.24, 2.45) is 0 Å². The van der Waals surface area contributed by atoms with Crippen LogP contribution in [0, 0.1) is 5.82 Å². The molecule has 2 nitrogen and oxygen atoms in total. The van der Waals surface area contributed by atoms with E-state index in [0.29, 0.717) is 17.7 Å². The standard InChI is InChI=1S/C18H16Cl2FNO/c1-2-11-10-22(16-7-6-14(21)9-15(11)16)18(23)13-5-3-4-12(8-13)17(19)20/h3-9,11,17H,2,10H2,1H3. The molecule has 0 saturated carbocycles. The molecule has 3 rings (SSSR count). The Hall–Kier alpha value is -1.58. The molecule has 120 valence electrons. The Kier molecular flexibility index (Phi) is 4.60.